The van der Waals surface area contributed by atoms with E-state index in [1.54, 1.807) is 37.4 Å². The van der Waals surface area contributed by atoms with Crippen LogP contribution in [0.3, 0.4) is 0 Å². The van der Waals surface area contributed by atoms with Crippen molar-refractivity contribution in [3.05, 3.63) is 49.6 Å². The highest BCUT2D eigenvalue weighted by Gasteiger charge is 1.88. The molecule has 0 atom stereocenters. The molecule has 4 N–H and O–H groups in total. The van der Waals surface area contributed by atoms with Crippen molar-refractivity contribution < 1.29 is 19.8 Å². The van der Waals surface area contributed by atoms with Gasteiger partial charge in [-0.1, -0.05) is 0 Å². The molecule has 2 aromatic heterocycles. The quantitative estimate of drug-likeness (QED) is 0.576. The number of aromatic amines is 2. The highest BCUT2D eigenvalue weighted by Crippen LogP contribution is 1.70. The number of H-pyrrole nitrogens is 2. The zero-order valence-electron chi connectivity index (χ0n) is 9.22. The summed E-state index contributed by atoms with van der Waals surface area (Å²) in [6, 6.07) is 0. The van der Waals surface area contributed by atoms with Gasteiger partial charge in [-0.3, -0.25) is 0 Å². The highest BCUT2D eigenvalue weighted by atomic mass is 16.4. The summed E-state index contributed by atoms with van der Waals surface area (Å²) in [5, 5.41) is 15.6. The van der Waals surface area contributed by atoms with Gasteiger partial charge < -0.3 is 20.2 Å². The minimum atomic E-state index is -1.26. The van der Waals surface area contributed by atoms with E-state index >= 15 is 0 Å². The Balaban J connectivity index is 0.000000250. The van der Waals surface area contributed by atoms with Crippen LogP contribution < -0.4 is 0 Å². The summed E-state index contributed by atoms with van der Waals surface area (Å²) in [5.41, 5.74) is 0. The zero-order chi connectivity index (χ0) is 13.6. The van der Waals surface area contributed by atoms with Crippen molar-refractivity contribution in [3.8, 4) is 0 Å². The van der Waals surface area contributed by atoms with Crippen molar-refractivity contribution in [3.63, 3.8) is 0 Å². The van der Waals surface area contributed by atoms with E-state index in [1.165, 1.54) is 0 Å². The lowest BCUT2D eigenvalue weighted by molar-refractivity contribution is -0.134. The van der Waals surface area contributed by atoms with Gasteiger partial charge in [-0.05, 0) is 0 Å². The molecule has 0 unspecified atom stereocenters. The van der Waals surface area contributed by atoms with E-state index in [1.807, 2.05) is 0 Å². The fourth-order valence-corrected chi connectivity index (χ4v) is 0.573. The van der Waals surface area contributed by atoms with E-state index in [-0.39, 0.29) is 0 Å². The van der Waals surface area contributed by atoms with Gasteiger partial charge in [-0.15, -0.1) is 0 Å². The van der Waals surface area contributed by atoms with Crippen LogP contribution >= 0.6 is 0 Å². The van der Waals surface area contributed by atoms with Crippen LogP contribution in [0.15, 0.2) is 49.6 Å². The fourth-order valence-electron chi connectivity index (χ4n) is 0.573. The molecule has 0 saturated heterocycles. The molecular formula is C10H12N4O4. The molecule has 0 saturated carbocycles. The third kappa shape index (κ3) is 13.1. The van der Waals surface area contributed by atoms with Crippen LogP contribution in [0.2, 0.25) is 0 Å². The van der Waals surface area contributed by atoms with Gasteiger partial charge in [0.25, 0.3) is 0 Å². The van der Waals surface area contributed by atoms with E-state index in [0.29, 0.717) is 12.2 Å². The lowest BCUT2D eigenvalue weighted by atomic mass is 10.5. The summed E-state index contributed by atoms with van der Waals surface area (Å²) < 4.78 is 0. The number of carbonyl (C=O) groups is 2. The molecule has 8 heteroatoms. The summed E-state index contributed by atoms with van der Waals surface area (Å²) in [5.74, 6) is -2.51. The number of hydrogen-bond acceptors (Lipinski definition) is 4. The monoisotopic (exact) mass is 252 g/mol. The molecule has 0 radical (unpaired) electrons. The molecule has 18 heavy (non-hydrogen) atoms. The molecule has 0 amide bonds. The smallest absolute Gasteiger partial charge is 0.328 e. The van der Waals surface area contributed by atoms with Crippen molar-refractivity contribution in [1.82, 2.24) is 19.9 Å². The van der Waals surface area contributed by atoms with E-state index in [4.69, 9.17) is 10.2 Å². The number of aromatic nitrogens is 4. The van der Waals surface area contributed by atoms with Crippen LogP contribution in [0.4, 0.5) is 0 Å². The third-order valence-electron chi connectivity index (χ3n) is 1.18. The predicted octanol–water partition coefficient (Wildman–Crippen LogP) is 0.531. The van der Waals surface area contributed by atoms with Crippen molar-refractivity contribution in [2.45, 2.75) is 0 Å². The summed E-state index contributed by atoms with van der Waals surface area (Å²) in [6.45, 7) is 0. The maximum atomic E-state index is 9.55. The number of nitrogens with zero attached hydrogens (tertiary/aromatic N) is 2. The molecule has 0 aliphatic heterocycles. The van der Waals surface area contributed by atoms with Gasteiger partial charge in [0.05, 0.1) is 12.7 Å². The molecule has 8 nitrogen and oxygen atoms in total. The third-order valence-corrected chi connectivity index (χ3v) is 1.18. The molecule has 0 fully saturated rings. The second-order valence-corrected chi connectivity index (χ2v) is 2.53. The minimum Gasteiger partial charge on any atom is -0.478 e. The second-order valence-electron chi connectivity index (χ2n) is 2.53. The first-order valence-electron chi connectivity index (χ1n) is 4.62. The Morgan fingerprint density at radius 3 is 1.39 bits per heavy atom. The minimum absolute atomic E-state index is 0.558. The second kappa shape index (κ2) is 10.6. The number of hydrogen-bond donors (Lipinski definition) is 4. The lowest BCUT2D eigenvalue weighted by Gasteiger charge is -1.74. The van der Waals surface area contributed by atoms with E-state index in [0.717, 1.165) is 0 Å². The molecule has 0 bridgehead atoms. The van der Waals surface area contributed by atoms with Gasteiger partial charge in [0.1, 0.15) is 0 Å². The molecule has 0 aliphatic carbocycles. The molecule has 2 aromatic rings. The standard InChI is InChI=1S/C4H4O4.2C3H4N2/c5-3(6)1-2-4(7)8;2*1-2-5-3-4-1/h1-2H,(H,5,6)(H,7,8);2*1-3H,(H,4,5)/b2-1-;;. The SMILES string of the molecule is O=C(O)/C=C\C(=O)O.c1c[nH]cn1.c1c[nH]cn1. The Morgan fingerprint density at radius 1 is 0.889 bits per heavy atom. The van der Waals surface area contributed by atoms with Gasteiger partial charge in [0.15, 0.2) is 0 Å². The van der Waals surface area contributed by atoms with Crippen molar-refractivity contribution in [2.24, 2.45) is 0 Å². The maximum Gasteiger partial charge on any atom is 0.328 e. The molecule has 0 spiro atoms. The topological polar surface area (TPSA) is 132 Å². The van der Waals surface area contributed by atoms with Crippen LogP contribution in [-0.2, 0) is 9.59 Å². The van der Waals surface area contributed by atoms with Gasteiger partial charge in [0, 0.05) is 36.9 Å². The summed E-state index contributed by atoms with van der Waals surface area (Å²) in [6.07, 6.45) is 11.3. The molecule has 0 aromatic carbocycles. The summed E-state index contributed by atoms with van der Waals surface area (Å²) in [4.78, 5) is 31.9. The number of nitrogens with one attached hydrogen (secondary N) is 2. The van der Waals surface area contributed by atoms with Crippen molar-refractivity contribution >= 4 is 11.9 Å². The first-order chi connectivity index (χ1) is 8.63. The zero-order valence-corrected chi connectivity index (χ0v) is 9.22. The van der Waals surface area contributed by atoms with Crippen molar-refractivity contribution in [1.29, 1.82) is 0 Å². The molecular weight excluding hydrogens is 240 g/mol. The van der Waals surface area contributed by atoms with Crippen LogP contribution in [0.5, 0.6) is 0 Å². The van der Waals surface area contributed by atoms with Crippen LogP contribution in [0.1, 0.15) is 0 Å². The first kappa shape index (κ1) is 15.1. The molecule has 2 rings (SSSR count). The lowest BCUT2D eigenvalue weighted by Crippen LogP contribution is -1.91. The van der Waals surface area contributed by atoms with Gasteiger partial charge in [-0.25, -0.2) is 19.6 Å². The Hall–Kier alpha value is -2.90. The average Bonchev–Trinajstić information content (AvgIpc) is 3.03. The Bertz CT molecular complexity index is 360. The number of rotatable bonds is 2. The first-order valence-corrected chi connectivity index (χ1v) is 4.62. The number of aliphatic carboxylic acids is 2. The van der Waals surface area contributed by atoms with Gasteiger partial charge in [0.2, 0.25) is 0 Å². The molecule has 96 valence electrons. The fraction of sp³-hybridized carbons (Fsp3) is 0. The molecule has 0 aliphatic rings. The highest BCUT2D eigenvalue weighted by molar-refractivity contribution is 5.89. The summed E-state index contributed by atoms with van der Waals surface area (Å²) >= 11 is 0. The van der Waals surface area contributed by atoms with E-state index < -0.39 is 11.9 Å². The summed E-state index contributed by atoms with van der Waals surface area (Å²) in [7, 11) is 0. The predicted molar refractivity (Wildman–Crippen MR) is 61.6 cm³/mol. The molecule has 2 heterocycles. The van der Waals surface area contributed by atoms with Crippen molar-refractivity contribution in [2.75, 3.05) is 0 Å². The maximum absolute atomic E-state index is 9.55. The van der Waals surface area contributed by atoms with Crippen LogP contribution in [-0.4, -0.2) is 42.1 Å². The van der Waals surface area contributed by atoms with Gasteiger partial charge >= 0.3 is 11.9 Å². The Labute approximate surface area is 102 Å². The number of imidazole rings is 2. The average molecular weight is 252 g/mol. The van der Waals surface area contributed by atoms with Crippen LogP contribution in [0.25, 0.3) is 0 Å². The van der Waals surface area contributed by atoms with Gasteiger partial charge in [-0.2, -0.15) is 0 Å². The number of carboxylic acid groups (broad SMARTS) is 2. The Kier molecular flexibility index (Phi) is 8.90. The van der Waals surface area contributed by atoms with E-state index in [9.17, 15) is 9.59 Å². The van der Waals surface area contributed by atoms with E-state index in [2.05, 4.69) is 19.9 Å². The van der Waals surface area contributed by atoms with Crippen LogP contribution in [0, 0.1) is 0 Å². The Morgan fingerprint density at radius 2 is 1.28 bits per heavy atom. The number of carboxylic acids is 2. The normalized spacial score (nSPS) is 8.67. The largest absolute Gasteiger partial charge is 0.478 e.